The number of nitrogens with zero attached hydrogens (tertiary/aromatic N) is 1. The maximum absolute atomic E-state index is 12.1. The van der Waals surface area contributed by atoms with Crippen LogP contribution in [0, 0.1) is 5.92 Å². The predicted octanol–water partition coefficient (Wildman–Crippen LogP) is 0.0691. The van der Waals surface area contributed by atoms with Crippen molar-refractivity contribution in [2.45, 2.75) is 32.4 Å². The highest BCUT2D eigenvalue weighted by Gasteiger charge is 2.30. The zero-order valence-corrected chi connectivity index (χ0v) is 12.5. The first-order valence-electron chi connectivity index (χ1n) is 6.81. The normalized spacial score (nSPS) is 20.0. The second kappa shape index (κ2) is 7.82. The topological polar surface area (TPSA) is 105 Å². The SMILES string of the molecule is COC(=O)CC1CN(C(=O)N[C@@H](C(=O)O)C(C)C)CCO1. The fourth-order valence-corrected chi connectivity index (χ4v) is 2.03. The number of carboxylic acid groups (broad SMARTS) is 1. The summed E-state index contributed by atoms with van der Waals surface area (Å²) in [5, 5.41) is 11.6. The summed E-state index contributed by atoms with van der Waals surface area (Å²) in [6.45, 7) is 4.32. The molecule has 21 heavy (non-hydrogen) atoms. The molecule has 1 heterocycles. The van der Waals surface area contributed by atoms with E-state index >= 15 is 0 Å². The van der Waals surface area contributed by atoms with Gasteiger partial charge in [-0.3, -0.25) is 4.79 Å². The molecule has 2 atom stereocenters. The average Bonchev–Trinajstić information content (AvgIpc) is 2.43. The van der Waals surface area contributed by atoms with Gasteiger partial charge in [-0.1, -0.05) is 13.8 Å². The quantitative estimate of drug-likeness (QED) is 0.696. The Bertz CT molecular complexity index is 398. The van der Waals surface area contributed by atoms with E-state index in [9.17, 15) is 14.4 Å². The van der Waals surface area contributed by atoms with Crippen molar-refractivity contribution in [1.82, 2.24) is 10.2 Å². The van der Waals surface area contributed by atoms with Crippen molar-refractivity contribution < 1.29 is 29.0 Å². The molecule has 0 spiro atoms. The Hall–Kier alpha value is -1.83. The van der Waals surface area contributed by atoms with Gasteiger partial charge in [0.1, 0.15) is 6.04 Å². The highest BCUT2D eigenvalue weighted by atomic mass is 16.5. The fraction of sp³-hybridized carbons (Fsp3) is 0.769. The molecule has 2 amide bonds. The van der Waals surface area contributed by atoms with Gasteiger partial charge in [-0.2, -0.15) is 0 Å². The Labute approximate surface area is 123 Å². The van der Waals surface area contributed by atoms with E-state index in [0.29, 0.717) is 13.2 Å². The molecule has 120 valence electrons. The molecule has 2 N–H and O–H groups in total. The number of aliphatic carboxylic acids is 1. The molecule has 8 heteroatoms. The van der Waals surface area contributed by atoms with Crippen LogP contribution in [0.5, 0.6) is 0 Å². The number of hydrogen-bond acceptors (Lipinski definition) is 5. The molecule has 0 bridgehead atoms. The Morgan fingerprint density at radius 3 is 2.62 bits per heavy atom. The van der Waals surface area contributed by atoms with E-state index < -0.39 is 30.1 Å². The maximum atomic E-state index is 12.1. The molecule has 1 aliphatic rings. The highest BCUT2D eigenvalue weighted by Crippen LogP contribution is 2.11. The lowest BCUT2D eigenvalue weighted by atomic mass is 10.1. The summed E-state index contributed by atoms with van der Waals surface area (Å²) in [5.74, 6) is -1.70. The molecular weight excluding hydrogens is 280 g/mol. The average molecular weight is 302 g/mol. The summed E-state index contributed by atoms with van der Waals surface area (Å²) in [6.07, 6.45) is -0.369. The summed E-state index contributed by atoms with van der Waals surface area (Å²) in [6, 6.07) is -1.41. The predicted molar refractivity (Wildman–Crippen MR) is 72.7 cm³/mol. The van der Waals surface area contributed by atoms with Crippen LogP contribution in [0.25, 0.3) is 0 Å². The standard InChI is InChI=1S/C13H22N2O6/c1-8(2)11(12(17)18)14-13(19)15-4-5-21-9(7-15)6-10(16)20-3/h8-9,11H,4-7H2,1-3H3,(H,14,19)(H,17,18)/t9?,11-/m1/s1. The summed E-state index contributed by atoms with van der Waals surface area (Å²) < 4.78 is 9.95. The van der Waals surface area contributed by atoms with Gasteiger partial charge >= 0.3 is 18.0 Å². The number of amides is 2. The zero-order chi connectivity index (χ0) is 16.0. The largest absolute Gasteiger partial charge is 0.480 e. The number of nitrogens with one attached hydrogen (secondary N) is 1. The second-order valence-electron chi connectivity index (χ2n) is 5.23. The van der Waals surface area contributed by atoms with Gasteiger partial charge in [0.25, 0.3) is 0 Å². The third-order valence-corrected chi connectivity index (χ3v) is 3.26. The number of methoxy groups -OCH3 is 1. The third kappa shape index (κ3) is 5.22. The number of esters is 1. The monoisotopic (exact) mass is 302 g/mol. The van der Waals surface area contributed by atoms with Crippen LogP contribution in [0.15, 0.2) is 0 Å². The number of morpholine rings is 1. The van der Waals surface area contributed by atoms with Crippen molar-refractivity contribution in [3.05, 3.63) is 0 Å². The lowest BCUT2D eigenvalue weighted by Crippen LogP contribution is -2.54. The van der Waals surface area contributed by atoms with Crippen LogP contribution in [0.1, 0.15) is 20.3 Å². The van der Waals surface area contributed by atoms with Crippen molar-refractivity contribution in [3.8, 4) is 0 Å². The minimum absolute atomic E-state index is 0.0623. The minimum atomic E-state index is -1.07. The maximum Gasteiger partial charge on any atom is 0.326 e. The van der Waals surface area contributed by atoms with Gasteiger partial charge in [-0.15, -0.1) is 0 Å². The van der Waals surface area contributed by atoms with Crippen LogP contribution < -0.4 is 5.32 Å². The van der Waals surface area contributed by atoms with E-state index in [4.69, 9.17) is 9.84 Å². The number of ether oxygens (including phenoxy) is 2. The van der Waals surface area contributed by atoms with Gasteiger partial charge in [0.2, 0.25) is 0 Å². The second-order valence-corrected chi connectivity index (χ2v) is 5.23. The smallest absolute Gasteiger partial charge is 0.326 e. The molecule has 1 aliphatic heterocycles. The number of carbonyl (C=O) groups excluding carboxylic acids is 2. The lowest BCUT2D eigenvalue weighted by molar-refractivity contribution is -0.145. The van der Waals surface area contributed by atoms with Crippen molar-refractivity contribution in [2.75, 3.05) is 26.8 Å². The first kappa shape index (κ1) is 17.2. The van der Waals surface area contributed by atoms with Crippen molar-refractivity contribution in [1.29, 1.82) is 0 Å². The zero-order valence-electron chi connectivity index (χ0n) is 12.5. The summed E-state index contributed by atoms with van der Waals surface area (Å²) in [5.41, 5.74) is 0. The fourth-order valence-electron chi connectivity index (χ4n) is 2.03. The van der Waals surface area contributed by atoms with Crippen LogP contribution in [0.2, 0.25) is 0 Å². The molecule has 1 rings (SSSR count). The molecular formula is C13H22N2O6. The van der Waals surface area contributed by atoms with E-state index in [1.54, 1.807) is 13.8 Å². The number of urea groups is 1. The molecule has 1 fully saturated rings. The van der Waals surface area contributed by atoms with Gasteiger partial charge < -0.3 is 24.8 Å². The Balaban J connectivity index is 2.57. The van der Waals surface area contributed by atoms with Gasteiger partial charge in [-0.25, -0.2) is 9.59 Å². The summed E-state index contributed by atoms with van der Waals surface area (Å²) >= 11 is 0. The van der Waals surface area contributed by atoms with Gasteiger partial charge in [-0.05, 0) is 5.92 Å². The minimum Gasteiger partial charge on any atom is -0.480 e. The molecule has 0 aromatic carbocycles. The summed E-state index contributed by atoms with van der Waals surface area (Å²) in [7, 11) is 1.29. The number of rotatable bonds is 5. The van der Waals surface area contributed by atoms with E-state index in [-0.39, 0.29) is 18.9 Å². The Morgan fingerprint density at radius 2 is 2.10 bits per heavy atom. The van der Waals surface area contributed by atoms with Crippen LogP contribution in [0.3, 0.4) is 0 Å². The van der Waals surface area contributed by atoms with Crippen LogP contribution in [-0.4, -0.2) is 66.9 Å². The van der Waals surface area contributed by atoms with Crippen molar-refractivity contribution in [3.63, 3.8) is 0 Å². The molecule has 8 nitrogen and oxygen atoms in total. The third-order valence-electron chi connectivity index (χ3n) is 3.26. The van der Waals surface area contributed by atoms with E-state index in [2.05, 4.69) is 10.1 Å². The van der Waals surface area contributed by atoms with Crippen LogP contribution in [0.4, 0.5) is 4.79 Å². The van der Waals surface area contributed by atoms with E-state index in [0.717, 1.165) is 0 Å². The summed E-state index contributed by atoms with van der Waals surface area (Å²) in [4.78, 5) is 35.9. The molecule has 0 aliphatic carbocycles. The van der Waals surface area contributed by atoms with Crippen molar-refractivity contribution in [2.24, 2.45) is 5.92 Å². The number of hydrogen-bond donors (Lipinski definition) is 2. The number of carboxylic acids is 1. The molecule has 0 saturated carbocycles. The van der Waals surface area contributed by atoms with Crippen molar-refractivity contribution >= 4 is 18.0 Å². The molecule has 0 radical (unpaired) electrons. The lowest BCUT2D eigenvalue weighted by Gasteiger charge is -2.33. The first-order valence-corrected chi connectivity index (χ1v) is 6.81. The van der Waals surface area contributed by atoms with Crippen LogP contribution >= 0.6 is 0 Å². The Kier molecular flexibility index (Phi) is 6.41. The molecule has 0 aromatic rings. The van der Waals surface area contributed by atoms with E-state index in [1.165, 1.54) is 12.0 Å². The molecule has 1 unspecified atom stereocenters. The first-order chi connectivity index (χ1) is 9.85. The highest BCUT2D eigenvalue weighted by molar-refractivity contribution is 5.82. The van der Waals surface area contributed by atoms with Gasteiger partial charge in [0.05, 0.1) is 26.2 Å². The van der Waals surface area contributed by atoms with Gasteiger partial charge in [0, 0.05) is 13.1 Å². The molecule has 0 aromatic heterocycles. The van der Waals surface area contributed by atoms with E-state index in [1.807, 2.05) is 0 Å². The Morgan fingerprint density at radius 1 is 1.43 bits per heavy atom. The number of carbonyl (C=O) groups is 3. The van der Waals surface area contributed by atoms with Gasteiger partial charge in [0.15, 0.2) is 0 Å². The van der Waals surface area contributed by atoms with Crippen LogP contribution in [-0.2, 0) is 19.1 Å². The molecule has 1 saturated heterocycles.